The Morgan fingerprint density at radius 1 is 0.817 bits per heavy atom. The Hall–Kier alpha value is -5.92. The molecule has 0 heterocycles. The molecule has 0 saturated heterocycles. The third kappa shape index (κ3) is 7.91. The Kier molecular flexibility index (Phi) is 11.8. The van der Waals surface area contributed by atoms with Crippen molar-refractivity contribution in [1.29, 1.82) is 0 Å². The predicted octanol–water partition coefficient (Wildman–Crippen LogP) is 16.1. The van der Waals surface area contributed by atoms with Crippen molar-refractivity contribution in [3.63, 3.8) is 0 Å². The number of nitrogens with zero attached hydrogens (tertiary/aromatic N) is 1. The molecule has 0 spiro atoms. The lowest BCUT2D eigenvalue weighted by Crippen LogP contribution is -2.18. The average Bonchev–Trinajstić information content (AvgIpc) is 3.65. The molecule has 4 aliphatic rings. The van der Waals surface area contributed by atoms with E-state index in [1.165, 1.54) is 55.7 Å². The smallest absolute Gasteiger partial charge is 0.0464 e. The molecule has 4 aromatic rings. The lowest BCUT2D eigenvalue weighted by Gasteiger charge is -2.31. The van der Waals surface area contributed by atoms with E-state index in [0.29, 0.717) is 11.8 Å². The number of hydrogen-bond donors (Lipinski definition) is 0. The highest BCUT2D eigenvalue weighted by atomic mass is 15.1. The van der Waals surface area contributed by atoms with Crippen molar-refractivity contribution in [3.8, 4) is 11.1 Å². The summed E-state index contributed by atoms with van der Waals surface area (Å²) < 4.78 is 0. The monoisotopic (exact) mass is 783 g/mol. The highest BCUT2D eigenvalue weighted by Gasteiger charge is 2.38. The Bertz CT molecular complexity index is 2550. The maximum Gasteiger partial charge on any atom is 0.0464 e. The summed E-state index contributed by atoms with van der Waals surface area (Å²) in [7, 11) is 0. The molecule has 302 valence electrons. The van der Waals surface area contributed by atoms with Gasteiger partial charge in [-0.05, 0) is 125 Å². The maximum atomic E-state index is 3.92. The van der Waals surface area contributed by atoms with Crippen LogP contribution in [0.5, 0.6) is 0 Å². The Morgan fingerprint density at radius 3 is 2.33 bits per heavy atom. The van der Waals surface area contributed by atoms with Crippen LogP contribution in [-0.4, -0.2) is 0 Å². The summed E-state index contributed by atoms with van der Waals surface area (Å²) in [5, 5.41) is 0. The van der Waals surface area contributed by atoms with Crippen LogP contribution in [0.4, 0.5) is 11.4 Å². The molecule has 0 bridgehead atoms. The molecular formula is C59H61N. The van der Waals surface area contributed by atoms with Gasteiger partial charge in [-0.1, -0.05) is 198 Å². The van der Waals surface area contributed by atoms with Crippen molar-refractivity contribution >= 4 is 17.5 Å². The van der Waals surface area contributed by atoms with Crippen LogP contribution in [0.1, 0.15) is 107 Å². The van der Waals surface area contributed by atoms with E-state index in [2.05, 4.69) is 217 Å². The summed E-state index contributed by atoms with van der Waals surface area (Å²) in [6.45, 7) is 17.9. The number of fused-ring (bicyclic) bond motifs is 4. The van der Waals surface area contributed by atoms with E-state index < -0.39 is 0 Å². The largest absolute Gasteiger partial charge is 0.311 e. The summed E-state index contributed by atoms with van der Waals surface area (Å²) >= 11 is 0. The number of rotatable bonds is 12. The fourth-order valence-corrected chi connectivity index (χ4v) is 10.1. The van der Waals surface area contributed by atoms with E-state index in [1.54, 1.807) is 5.57 Å². The molecule has 2 unspecified atom stereocenters. The van der Waals surface area contributed by atoms with Crippen molar-refractivity contribution in [2.24, 2.45) is 5.92 Å². The second-order valence-corrected chi connectivity index (χ2v) is 17.9. The standard InChI is InChI=1S/C59H61N/c1-8-11-26-49(10-3)60(50-27-19-14-20-28-50)51-34-32-46-39-48(58(4,5)54(46)41-51)37-42(21-9-2)29-30-43-31-35-52-53-36-33-47(40-56(53)59(6,7)55(52)38-43)57(44-22-15-12-16-23-44)45-24-17-13-18-25-45/h8,10-17,19-22,24,26-38,40-41,44,57H,1,9,18,23,25,39H2,2-7H3/b26-11-,30-29+,42-21-,48-37+,49-10+. The molecular weight excluding hydrogens is 723 g/mol. The first-order valence-corrected chi connectivity index (χ1v) is 22.2. The summed E-state index contributed by atoms with van der Waals surface area (Å²) in [5.41, 5.74) is 18.6. The minimum absolute atomic E-state index is 0.0908. The molecule has 0 radical (unpaired) electrons. The summed E-state index contributed by atoms with van der Waals surface area (Å²) in [4.78, 5) is 2.34. The van der Waals surface area contributed by atoms with Crippen LogP contribution in [-0.2, 0) is 17.3 Å². The molecule has 0 amide bonds. The minimum atomic E-state index is -0.114. The molecule has 0 fully saturated rings. The SMILES string of the molecule is C=C/C=C\C(=C/C)N(c1ccccc1)c1ccc2c(c1)C(C)(C)/C(=C/C(=C\CC)/C=C/c1ccc3c(c1)C(C)(C)c1cc(C(C4=CC=CCC4)C4C=CC=CC4)ccc1-3)C2. The fraction of sp³-hybridized carbons (Fsp3) is 0.254. The first kappa shape index (κ1) is 40.8. The molecule has 0 aromatic heterocycles. The molecule has 4 aliphatic carbocycles. The van der Waals surface area contributed by atoms with E-state index in [1.807, 2.05) is 12.2 Å². The first-order chi connectivity index (χ1) is 29.1. The van der Waals surface area contributed by atoms with E-state index in [4.69, 9.17) is 0 Å². The fourth-order valence-electron chi connectivity index (χ4n) is 10.1. The van der Waals surface area contributed by atoms with E-state index in [0.717, 1.165) is 49.2 Å². The van der Waals surface area contributed by atoms with Crippen LogP contribution in [0.15, 0.2) is 199 Å². The van der Waals surface area contributed by atoms with Crippen LogP contribution in [0.2, 0.25) is 0 Å². The molecule has 4 aromatic carbocycles. The number of para-hydroxylation sites is 1. The quantitative estimate of drug-likeness (QED) is 0.129. The van der Waals surface area contributed by atoms with E-state index in [9.17, 15) is 0 Å². The molecule has 2 atom stereocenters. The van der Waals surface area contributed by atoms with Gasteiger partial charge in [0.2, 0.25) is 0 Å². The van der Waals surface area contributed by atoms with Crippen LogP contribution in [0.3, 0.4) is 0 Å². The van der Waals surface area contributed by atoms with Crippen molar-refractivity contribution in [3.05, 3.63) is 232 Å². The van der Waals surface area contributed by atoms with Gasteiger partial charge in [0.1, 0.15) is 0 Å². The molecule has 0 saturated carbocycles. The Balaban J connectivity index is 1.06. The highest BCUT2D eigenvalue weighted by Crippen LogP contribution is 2.51. The van der Waals surface area contributed by atoms with Gasteiger partial charge < -0.3 is 4.90 Å². The number of allylic oxidation sites excluding steroid dienone is 17. The van der Waals surface area contributed by atoms with Gasteiger partial charge in [-0.2, -0.15) is 0 Å². The molecule has 0 aliphatic heterocycles. The molecule has 1 nitrogen and oxygen atoms in total. The van der Waals surface area contributed by atoms with Crippen LogP contribution < -0.4 is 4.90 Å². The zero-order valence-corrected chi connectivity index (χ0v) is 36.6. The van der Waals surface area contributed by atoms with Gasteiger partial charge in [0.25, 0.3) is 0 Å². The second-order valence-electron chi connectivity index (χ2n) is 17.9. The summed E-state index contributed by atoms with van der Waals surface area (Å²) in [5.74, 6) is 0.889. The predicted molar refractivity (Wildman–Crippen MR) is 260 cm³/mol. The van der Waals surface area contributed by atoms with Gasteiger partial charge in [0, 0.05) is 33.8 Å². The zero-order valence-electron chi connectivity index (χ0n) is 36.6. The van der Waals surface area contributed by atoms with Crippen molar-refractivity contribution < 1.29 is 0 Å². The Labute approximate surface area is 360 Å². The lowest BCUT2D eigenvalue weighted by molar-refractivity contribution is 0.546. The van der Waals surface area contributed by atoms with E-state index in [-0.39, 0.29) is 10.8 Å². The van der Waals surface area contributed by atoms with Crippen molar-refractivity contribution in [2.75, 3.05) is 4.90 Å². The van der Waals surface area contributed by atoms with Crippen LogP contribution >= 0.6 is 0 Å². The normalized spacial score (nSPS) is 20.1. The third-order valence-corrected chi connectivity index (χ3v) is 13.4. The van der Waals surface area contributed by atoms with Gasteiger partial charge in [-0.3, -0.25) is 0 Å². The van der Waals surface area contributed by atoms with Gasteiger partial charge >= 0.3 is 0 Å². The first-order valence-electron chi connectivity index (χ1n) is 22.2. The molecule has 60 heavy (non-hydrogen) atoms. The van der Waals surface area contributed by atoms with Gasteiger partial charge in [0.15, 0.2) is 0 Å². The van der Waals surface area contributed by atoms with Crippen LogP contribution in [0, 0.1) is 5.92 Å². The minimum Gasteiger partial charge on any atom is -0.311 e. The van der Waals surface area contributed by atoms with Gasteiger partial charge in [-0.25, -0.2) is 0 Å². The number of benzene rings is 4. The van der Waals surface area contributed by atoms with Gasteiger partial charge in [-0.15, -0.1) is 0 Å². The number of anilines is 2. The van der Waals surface area contributed by atoms with Crippen molar-refractivity contribution in [2.45, 2.75) is 90.4 Å². The zero-order chi connectivity index (χ0) is 41.9. The third-order valence-electron chi connectivity index (χ3n) is 13.4. The van der Waals surface area contributed by atoms with Crippen molar-refractivity contribution in [1.82, 2.24) is 0 Å². The summed E-state index contributed by atoms with van der Waals surface area (Å²) in [6, 6.07) is 32.2. The Morgan fingerprint density at radius 2 is 1.62 bits per heavy atom. The molecule has 1 heteroatoms. The van der Waals surface area contributed by atoms with E-state index >= 15 is 0 Å². The van der Waals surface area contributed by atoms with Gasteiger partial charge in [0.05, 0.1) is 0 Å². The average molecular weight is 784 g/mol. The van der Waals surface area contributed by atoms with Crippen LogP contribution in [0.25, 0.3) is 17.2 Å². The maximum absolute atomic E-state index is 3.92. The summed E-state index contributed by atoms with van der Waals surface area (Å²) in [6.07, 6.45) is 39.1. The second kappa shape index (κ2) is 17.4. The molecule has 8 rings (SSSR count). The number of hydrogen-bond acceptors (Lipinski definition) is 1. The topological polar surface area (TPSA) is 3.24 Å². The molecule has 0 N–H and O–H groups in total. The highest BCUT2D eigenvalue weighted by molar-refractivity contribution is 5.82. The lowest BCUT2D eigenvalue weighted by atomic mass is 9.73.